The zero-order chi connectivity index (χ0) is 9.73. The molecule has 0 aliphatic carbocycles. The number of rotatable bonds is 5. The first-order valence-corrected chi connectivity index (χ1v) is 4.90. The molecule has 6 heteroatoms. The normalized spacial score (nSPS) is 11.6. The van der Waals surface area contributed by atoms with E-state index >= 15 is 0 Å². The second-order valence-corrected chi connectivity index (χ2v) is 3.65. The fourth-order valence-electron chi connectivity index (χ4n) is 0.895. The van der Waals surface area contributed by atoms with Crippen molar-refractivity contribution in [3.8, 4) is 0 Å². The van der Waals surface area contributed by atoms with Crippen LogP contribution in [0.2, 0.25) is 0 Å². The van der Waals surface area contributed by atoms with Crippen molar-refractivity contribution in [2.75, 3.05) is 18.5 Å². The van der Waals surface area contributed by atoms with Crippen LogP contribution >= 0.6 is 11.3 Å². The third-order valence-electron chi connectivity index (χ3n) is 2.01. The standard InChI is InChI=1S/C7H13N3O2S/c1-2-7(3-11,4-12)9-6-10-8-5-13-6/h5,11-12H,2-4H2,1H3,(H,9,10). The minimum atomic E-state index is -0.681. The summed E-state index contributed by atoms with van der Waals surface area (Å²) in [5.41, 5.74) is 0.914. The lowest BCUT2D eigenvalue weighted by Gasteiger charge is -2.28. The number of aliphatic hydroxyl groups is 2. The number of hydrogen-bond donors (Lipinski definition) is 3. The fourth-order valence-corrected chi connectivity index (χ4v) is 1.46. The van der Waals surface area contributed by atoms with Crippen LogP contribution in [0.25, 0.3) is 0 Å². The Labute approximate surface area is 80.4 Å². The number of anilines is 1. The summed E-state index contributed by atoms with van der Waals surface area (Å²) in [5, 5.41) is 29.2. The molecule has 3 N–H and O–H groups in total. The van der Waals surface area contributed by atoms with E-state index in [9.17, 15) is 0 Å². The van der Waals surface area contributed by atoms with Crippen LogP contribution in [0.3, 0.4) is 0 Å². The molecule has 1 aromatic rings. The molecule has 0 fully saturated rings. The van der Waals surface area contributed by atoms with Crippen LogP contribution in [0.4, 0.5) is 5.13 Å². The Morgan fingerprint density at radius 1 is 1.54 bits per heavy atom. The van der Waals surface area contributed by atoms with Gasteiger partial charge in [0.1, 0.15) is 5.51 Å². The molecular formula is C7H13N3O2S. The van der Waals surface area contributed by atoms with Crippen molar-refractivity contribution >= 4 is 16.5 Å². The Hall–Kier alpha value is -0.720. The van der Waals surface area contributed by atoms with Crippen molar-refractivity contribution in [2.24, 2.45) is 0 Å². The molecule has 0 atom stereocenters. The predicted octanol–water partition coefficient (Wildman–Crippen LogP) is 0.0834. The number of aliphatic hydroxyl groups excluding tert-OH is 2. The van der Waals surface area contributed by atoms with Crippen molar-refractivity contribution in [2.45, 2.75) is 18.9 Å². The predicted molar refractivity (Wildman–Crippen MR) is 50.7 cm³/mol. The van der Waals surface area contributed by atoms with Crippen molar-refractivity contribution in [3.05, 3.63) is 5.51 Å². The molecule has 1 rings (SSSR count). The van der Waals surface area contributed by atoms with Crippen LogP contribution < -0.4 is 5.32 Å². The quantitative estimate of drug-likeness (QED) is 0.632. The molecule has 0 radical (unpaired) electrons. The van der Waals surface area contributed by atoms with Gasteiger partial charge in [0.25, 0.3) is 0 Å². The highest BCUT2D eigenvalue weighted by Crippen LogP contribution is 2.18. The van der Waals surface area contributed by atoms with Gasteiger partial charge in [-0.1, -0.05) is 18.3 Å². The second-order valence-electron chi connectivity index (χ2n) is 2.82. The topological polar surface area (TPSA) is 78.3 Å². The first-order valence-electron chi connectivity index (χ1n) is 4.02. The van der Waals surface area contributed by atoms with E-state index in [1.807, 2.05) is 6.92 Å². The summed E-state index contributed by atoms with van der Waals surface area (Å²) in [5.74, 6) is 0. The molecule has 0 spiro atoms. The SMILES string of the molecule is CCC(CO)(CO)Nc1nncs1. The molecule has 0 saturated carbocycles. The van der Waals surface area contributed by atoms with E-state index in [4.69, 9.17) is 10.2 Å². The van der Waals surface area contributed by atoms with E-state index < -0.39 is 5.54 Å². The van der Waals surface area contributed by atoms with Gasteiger partial charge in [0.15, 0.2) is 0 Å². The van der Waals surface area contributed by atoms with Crippen LogP contribution in [-0.4, -0.2) is 39.2 Å². The number of aromatic nitrogens is 2. The molecule has 74 valence electrons. The van der Waals surface area contributed by atoms with Gasteiger partial charge in [-0.25, -0.2) is 0 Å². The lowest BCUT2D eigenvalue weighted by Crippen LogP contribution is -2.45. The highest BCUT2D eigenvalue weighted by molar-refractivity contribution is 7.13. The van der Waals surface area contributed by atoms with E-state index in [0.29, 0.717) is 11.6 Å². The number of hydrogen-bond acceptors (Lipinski definition) is 6. The zero-order valence-electron chi connectivity index (χ0n) is 7.40. The molecule has 1 aromatic heterocycles. The van der Waals surface area contributed by atoms with Gasteiger partial charge in [-0.3, -0.25) is 0 Å². The minimum Gasteiger partial charge on any atom is -0.394 e. The Kier molecular flexibility index (Phi) is 3.58. The number of nitrogens with one attached hydrogen (secondary N) is 1. The van der Waals surface area contributed by atoms with Gasteiger partial charge in [-0.05, 0) is 6.42 Å². The summed E-state index contributed by atoms with van der Waals surface area (Å²) < 4.78 is 0. The lowest BCUT2D eigenvalue weighted by atomic mass is 9.99. The summed E-state index contributed by atoms with van der Waals surface area (Å²) in [6.07, 6.45) is 0.625. The summed E-state index contributed by atoms with van der Waals surface area (Å²) >= 11 is 1.34. The van der Waals surface area contributed by atoms with Gasteiger partial charge in [0.05, 0.1) is 18.8 Å². The number of nitrogens with zero attached hydrogens (tertiary/aromatic N) is 2. The Morgan fingerprint density at radius 2 is 2.23 bits per heavy atom. The molecule has 0 unspecified atom stereocenters. The average Bonchev–Trinajstić information content (AvgIpc) is 2.67. The Morgan fingerprint density at radius 3 is 2.62 bits per heavy atom. The molecule has 0 aromatic carbocycles. The molecule has 0 bridgehead atoms. The van der Waals surface area contributed by atoms with Crippen molar-refractivity contribution < 1.29 is 10.2 Å². The first-order chi connectivity index (χ1) is 6.26. The van der Waals surface area contributed by atoms with Crippen LogP contribution in [-0.2, 0) is 0 Å². The Bertz CT molecular complexity index is 228. The van der Waals surface area contributed by atoms with Crippen LogP contribution in [0.15, 0.2) is 5.51 Å². The smallest absolute Gasteiger partial charge is 0.206 e. The van der Waals surface area contributed by atoms with E-state index in [1.165, 1.54) is 11.3 Å². The molecular weight excluding hydrogens is 190 g/mol. The van der Waals surface area contributed by atoms with Crippen LogP contribution in [0, 0.1) is 0 Å². The van der Waals surface area contributed by atoms with Gasteiger partial charge in [0.2, 0.25) is 5.13 Å². The summed E-state index contributed by atoms with van der Waals surface area (Å²) in [7, 11) is 0. The maximum Gasteiger partial charge on any atom is 0.206 e. The molecule has 0 saturated heterocycles. The van der Waals surface area contributed by atoms with Gasteiger partial charge in [-0.15, -0.1) is 10.2 Å². The maximum atomic E-state index is 9.11. The largest absolute Gasteiger partial charge is 0.394 e. The molecule has 1 heterocycles. The third-order valence-corrected chi connectivity index (χ3v) is 2.62. The third kappa shape index (κ3) is 2.36. The zero-order valence-corrected chi connectivity index (χ0v) is 8.21. The highest BCUT2D eigenvalue weighted by atomic mass is 32.1. The molecule has 0 aliphatic rings. The summed E-state index contributed by atoms with van der Waals surface area (Å²) in [6, 6.07) is 0. The average molecular weight is 203 g/mol. The lowest BCUT2D eigenvalue weighted by molar-refractivity contribution is 0.132. The van der Waals surface area contributed by atoms with Crippen molar-refractivity contribution in [3.63, 3.8) is 0 Å². The maximum absolute atomic E-state index is 9.11. The van der Waals surface area contributed by atoms with E-state index in [2.05, 4.69) is 15.5 Å². The summed E-state index contributed by atoms with van der Waals surface area (Å²) in [6.45, 7) is 1.64. The van der Waals surface area contributed by atoms with Gasteiger partial charge >= 0.3 is 0 Å². The van der Waals surface area contributed by atoms with E-state index in [1.54, 1.807) is 5.51 Å². The van der Waals surface area contributed by atoms with E-state index in [-0.39, 0.29) is 13.2 Å². The molecule has 0 amide bonds. The molecule has 13 heavy (non-hydrogen) atoms. The van der Waals surface area contributed by atoms with E-state index in [0.717, 1.165) is 0 Å². The Balaban J connectivity index is 2.67. The van der Waals surface area contributed by atoms with Crippen molar-refractivity contribution in [1.29, 1.82) is 0 Å². The fraction of sp³-hybridized carbons (Fsp3) is 0.714. The molecule has 0 aliphatic heterocycles. The van der Waals surface area contributed by atoms with Gasteiger partial charge < -0.3 is 15.5 Å². The van der Waals surface area contributed by atoms with Crippen LogP contribution in [0.5, 0.6) is 0 Å². The first kappa shape index (κ1) is 10.4. The van der Waals surface area contributed by atoms with Gasteiger partial charge in [-0.2, -0.15) is 0 Å². The van der Waals surface area contributed by atoms with Crippen molar-refractivity contribution in [1.82, 2.24) is 10.2 Å². The highest BCUT2D eigenvalue weighted by Gasteiger charge is 2.27. The summed E-state index contributed by atoms with van der Waals surface area (Å²) in [4.78, 5) is 0. The monoisotopic (exact) mass is 203 g/mol. The molecule has 5 nitrogen and oxygen atoms in total. The minimum absolute atomic E-state index is 0.125. The second kappa shape index (κ2) is 4.50. The van der Waals surface area contributed by atoms with Crippen LogP contribution in [0.1, 0.15) is 13.3 Å². The van der Waals surface area contributed by atoms with Gasteiger partial charge in [0, 0.05) is 0 Å².